The van der Waals surface area contributed by atoms with Crippen molar-refractivity contribution >= 4 is 33.9 Å². The van der Waals surface area contributed by atoms with Gasteiger partial charge < -0.3 is 9.84 Å². The van der Waals surface area contributed by atoms with Gasteiger partial charge in [-0.1, -0.05) is 23.7 Å². The highest BCUT2D eigenvalue weighted by atomic mass is 35.5. The largest absolute Gasteiger partial charge is 0.503 e. The molecule has 2 aromatic carbocycles. The number of nitrogens with zero attached hydrogens (tertiary/aromatic N) is 1. The number of rotatable bonds is 5. The van der Waals surface area contributed by atoms with Crippen LogP contribution in [0, 0.1) is 5.92 Å². The first-order valence-corrected chi connectivity index (χ1v) is 11.2. The Kier molecular flexibility index (Phi) is 5.19. The Labute approximate surface area is 186 Å². The van der Waals surface area contributed by atoms with E-state index in [1.165, 1.54) is 19.1 Å². The average molecular weight is 434 g/mol. The van der Waals surface area contributed by atoms with E-state index in [2.05, 4.69) is 17.1 Å². The van der Waals surface area contributed by atoms with Crippen LogP contribution in [0.15, 0.2) is 42.6 Å². The Morgan fingerprint density at radius 3 is 2.71 bits per heavy atom. The molecule has 1 saturated carbocycles. The summed E-state index contributed by atoms with van der Waals surface area (Å²) in [5.74, 6) is 0.621. The van der Waals surface area contributed by atoms with Crippen LogP contribution in [0.5, 0.6) is 11.5 Å². The number of carbonyl (C=O) groups excluding carboxylic acids is 1. The number of phenols is 1. The molecule has 0 atom stereocenters. The zero-order chi connectivity index (χ0) is 21.5. The molecule has 0 saturated heterocycles. The summed E-state index contributed by atoms with van der Waals surface area (Å²) in [5.41, 5.74) is 5.68. The van der Waals surface area contributed by atoms with E-state index in [1.807, 2.05) is 12.1 Å². The number of fused-ring (bicyclic) bond motifs is 1. The van der Waals surface area contributed by atoms with Gasteiger partial charge in [-0.2, -0.15) is 0 Å². The third-order valence-electron chi connectivity index (χ3n) is 6.28. The lowest BCUT2D eigenvalue weighted by Gasteiger charge is -2.19. The smallest absolute Gasteiger partial charge is 0.176 e. The number of Topliss-reactive ketones (excluding diaryl/α,β-unsaturated/α-hetero) is 1. The fourth-order valence-corrected chi connectivity index (χ4v) is 4.64. The van der Waals surface area contributed by atoms with Crippen molar-refractivity contribution in [2.24, 2.45) is 5.92 Å². The lowest BCUT2D eigenvalue weighted by atomic mass is 9.86. The number of ether oxygens (including phenoxy) is 1. The van der Waals surface area contributed by atoms with Crippen LogP contribution in [0.3, 0.4) is 0 Å². The predicted molar refractivity (Wildman–Crippen MR) is 124 cm³/mol. The summed E-state index contributed by atoms with van der Waals surface area (Å²) in [7, 11) is 1.50. The van der Waals surface area contributed by atoms with Crippen molar-refractivity contribution in [1.82, 2.24) is 4.98 Å². The van der Waals surface area contributed by atoms with Crippen molar-refractivity contribution in [2.45, 2.75) is 38.5 Å². The number of aromatic nitrogens is 1. The quantitative estimate of drug-likeness (QED) is 0.448. The van der Waals surface area contributed by atoms with E-state index in [-0.39, 0.29) is 22.5 Å². The van der Waals surface area contributed by atoms with Crippen molar-refractivity contribution < 1.29 is 14.6 Å². The molecule has 1 fully saturated rings. The molecular formula is C26H24ClNO3. The van der Waals surface area contributed by atoms with E-state index < -0.39 is 0 Å². The van der Waals surface area contributed by atoms with Gasteiger partial charge in [-0.15, -0.1) is 0 Å². The molecule has 1 aromatic heterocycles. The van der Waals surface area contributed by atoms with Gasteiger partial charge in [-0.25, -0.2) is 0 Å². The number of carbonyl (C=O) groups is 1. The average Bonchev–Trinajstić information content (AvgIpc) is 3.65. The minimum absolute atomic E-state index is 0.0688. The van der Waals surface area contributed by atoms with Crippen LogP contribution in [0.4, 0.5) is 0 Å². The SMILES string of the molecule is COc1cc(-c2ccc3ncc(C(=O)C4CC4)c(C4=CCCCC4)c3c2)cc(Cl)c1O. The Hall–Kier alpha value is -2.85. The molecule has 5 rings (SSSR count). The summed E-state index contributed by atoms with van der Waals surface area (Å²) in [5, 5.41) is 11.3. The van der Waals surface area contributed by atoms with Crippen molar-refractivity contribution in [2.75, 3.05) is 7.11 Å². The number of phenolic OH excluding ortho intramolecular Hbond substituents is 1. The molecule has 158 valence electrons. The maximum Gasteiger partial charge on any atom is 0.176 e. The van der Waals surface area contributed by atoms with Gasteiger partial charge in [0.15, 0.2) is 17.3 Å². The van der Waals surface area contributed by atoms with Crippen LogP contribution in [0.2, 0.25) is 5.02 Å². The number of hydrogen-bond acceptors (Lipinski definition) is 4. The van der Waals surface area contributed by atoms with E-state index in [0.29, 0.717) is 5.75 Å². The number of halogens is 1. The fraction of sp³-hybridized carbons (Fsp3) is 0.308. The number of allylic oxidation sites excluding steroid dienone is 2. The number of ketones is 1. The zero-order valence-corrected chi connectivity index (χ0v) is 18.2. The molecule has 0 amide bonds. The van der Waals surface area contributed by atoms with Gasteiger partial charge in [0.25, 0.3) is 0 Å². The highest BCUT2D eigenvalue weighted by Crippen LogP contribution is 2.42. The second kappa shape index (κ2) is 8.01. The van der Waals surface area contributed by atoms with Crippen LogP contribution in [-0.2, 0) is 0 Å². The molecule has 0 aliphatic heterocycles. The summed E-state index contributed by atoms with van der Waals surface area (Å²) in [6, 6.07) is 9.55. The summed E-state index contributed by atoms with van der Waals surface area (Å²) in [6.07, 6.45) is 10.4. The van der Waals surface area contributed by atoms with Gasteiger partial charge in [-0.3, -0.25) is 9.78 Å². The van der Waals surface area contributed by atoms with E-state index in [1.54, 1.807) is 18.3 Å². The summed E-state index contributed by atoms with van der Waals surface area (Å²) < 4.78 is 5.28. The highest BCUT2D eigenvalue weighted by Gasteiger charge is 2.33. The van der Waals surface area contributed by atoms with Crippen LogP contribution in [0.1, 0.15) is 54.4 Å². The fourth-order valence-electron chi connectivity index (χ4n) is 4.43. The normalized spacial score (nSPS) is 16.3. The first-order chi connectivity index (χ1) is 15.1. The van der Waals surface area contributed by atoms with E-state index in [9.17, 15) is 9.90 Å². The number of aromatic hydroxyl groups is 1. The molecule has 0 bridgehead atoms. The first-order valence-electron chi connectivity index (χ1n) is 10.8. The highest BCUT2D eigenvalue weighted by molar-refractivity contribution is 6.32. The second-order valence-corrected chi connectivity index (χ2v) is 8.81. The summed E-state index contributed by atoms with van der Waals surface area (Å²) in [4.78, 5) is 17.7. The zero-order valence-electron chi connectivity index (χ0n) is 17.5. The third-order valence-corrected chi connectivity index (χ3v) is 6.56. The minimum Gasteiger partial charge on any atom is -0.503 e. The molecule has 1 heterocycles. The van der Waals surface area contributed by atoms with Crippen LogP contribution >= 0.6 is 11.6 Å². The monoisotopic (exact) mass is 433 g/mol. The van der Waals surface area contributed by atoms with Crippen molar-refractivity contribution in [3.63, 3.8) is 0 Å². The van der Waals surface area contributed by atoms with Gasteiger partial charge in [-0.05, 0) is 85.1 Å². The molecule has 5 heteroatoms. The van der Waals surface area contributed by atoms with Gasteiger partial charge in [0.05, 0.1) is 17.6 Å². The van der Waals surface area contributed by atoms with E-state index in [4.69, 9.17) is 16.3 Å². The molecule has 0 radical (unpaired) electrons. The topological polar surface area (TPSA) is 59.4 Å². The molecule has 3 aromatic rings. The standard InChI is InChI=1S/C26H24ClNO3/c1-31-23-13-18(12-21(27)26(23)30)17-9-10-22-19(11-17)24(15-5-3-2-4-6-15)20(14-28-22)25(29)16-7-8-16/h5,9-14,16,30H,2-4,6-8H2,1H3. The van der Waals surface area contributed by atoms with Crippen LogP contribution < -0.4 is 4.74 Å². The lowest BCUT2D eigenvalue weighted by molar-refractivity contribution is 0.0967. The second-order valence-electron chi connectivity index (χ2n) is 8.40. The number of hydrogen-bond donors (Lipinski definition) is 1. The molecule has 2 aliphatic rings. The first kappa shape index (κ1) is 20.1. The molecule has 4 nitrogen and oxygen atoms in total. The molecule has 2 aliphatic carbocycles. The summed E-state index contributed by atoms with van der Waals surface area (Å²) in [6.45, 7) is 0. The molecule has 1 N–H and O–H groups in total. The van der Waals surface area contributed by atoms with E-state index >= 15 is 0 Å². The predicted octanol–water partition coefficient (Wildman–Crippen LogP) is 6.82. The van der Waals surface area contributed by atoms with Gasteiger partial charge in [0, 0.05) is 23.1 Å². The molecule has 0 unspecified atom stereocenters. The van der Waals surface area contributed by atoms with Crippen LogP contribution in [0.25, 0.3) is 27.6 Å². The Morgan fingerprint density at radius 1 is 1.16 bits per heavy atom. The maximum atomic E-state index is 13.1. The van der Waals surface area contributed by atoms with Crippen LogP contribution in [-0.4, -0.2) is 23.0 Å². The number of methoxy groups -OCH3 is 1. The van der Waals surface area contributed by atoms with E-state index in [0.717, 1.165) is 65.3 Å². The molecule has 0 spiro atoms. The Balaban J connectivity index is 1.73. The van der Waals surface area contributed by atoms with Crippen molar-refractivity contribution in [3.8, 4) is 22.6 Å². The Bertz CT molecular complexity index is 1230. The molecule has 31 heavy (non-hydrogen) atoms. The van der Waals surface area contributed by atoms with Crippen molar-refractivity contribution in [3.05, 3.63) is 58.8 Å². The Morgan fingerprint density at radius 2 is 2.00 bits per heavy atom. The number of benzene rings is 2. The van der Waals surface area contributed by atoms with Crippen molar-refractivity contribution in [1.29, 1.82) is 0 Å². The lowest BCUT2D eigenvalue weighted by Crippen LogP contribution is -2.08. The van der Waals surface area contributed by atoms with Gasteiger partial charge in [0.1, 0.15) is 0 Å². The third kappa shape index (κ3) is 3.70. The minimum atomic E-state index is -0.0688. The number of pyridine rings is 1. The maximum absolute atomic E-state index is 13.1. The van der Waals surface area contributed by atoms with Gasteiger partial charge >= 0.3 is 0 Å². The van der Waals surface area contributed by atoms with Gasteiger partial charge in [0.2, 0.25) is 0 Å². The molecular weight excluding hydrogens is 410 g/mol. The summed E-state index contributed by atoms with van der Waals surface area (Å²) >= 11 is 6.23.